The molecular formula is C49H86O5. The van der Waals surface area contributed by atoms with E-state index in [9.17, 15) is 9.59 Å². The molecule has 54 heavy (non-hydrogen) atoms. The topological polar surface area (TPSA) is 61.8 Å². The minimum absolute atomic E-state index is 0.0449. The van der Waals surface area contributed by atoms with Gasteiger partial charge in [-0.05, 0) is 64.2 Å². The quantitative estimate of drug-likeness (QED) is 0.0353. The van der Waals surface area contributed by atoms with Crippen LogP contribution in [0.2, 0.25) is 0 Å². The highest BCUT2D eigenvalue weighted by Crippen LogP contribution is 2.14. The summed E-state index contributed by atoms with van der Waals surface area (Å²) < 4.78 is 17.2. The number of hydrogen-bond acceptors (Lipinski definition) is 5. The minimum Gasteiger partial charge on any atom is -0.462 e. The van der Waals surface area contributed by atoms with Gasteiger partial charge in [-0.1, -0.05) is 197 Å². The molecule has 5 heteroatoms. The molecule has 0 radical (unpaired) electrons. The smallest absolute Gasteiger partial charge is 0.306 e. The van der Waals surface area contributed by atoms with Crippen molar-refractivity contribution in [2.24, 2.45) is 0 Å². The number of rotatable bonds is 41. The van der Waals surface area contributed by atoms with Crippen molar-refractivity contribution in [2.75, 3.05) is 19.8 Å². The van der Waals surface area contributed by atoms with E-state index in [2.05, 4.69) is 75.5 Å². The Balaban J connectivity index is 4.34. The van der Waals surface area contributed by atoms with Crippen LogP contribution in [0.15, 0.2) is 60.8 Å². The highest BCUT2D eigenvalue weighted by Gasteiger charge is 2.17. The van der Waals surface area contributed by atoms with Gasteiger partial charge in [0, 0.05) is 19.4 Å². The van der Waals surface area contributed by atoms with E-state index in [0.717, 1.165) is 64.2 Å². The summed E-state index contributed by atoms with van der Waals surface area (Å²) in [7, 11) is 0. The molecule has 0 saturated carbocycles. The maximum absolute atomic E-state index is 12.7. The molecule has 0 heterocycles. The minimum atomic E-state index is -0.565. The Morgan fingerprint density at radius 3 is 1.46 bits per heavy atom. The van der Waals surface area contributed by atoms with Crippen molar-refractivity contribution in [3.63, 3.8) is 0 Å². The standard InChI is InChI=1S/C49H86O5/c1-4-7-10-13-16-19-22-24-26-29-32-35-38-41-44-52-45-47(54-49(51)43-40-37-34-31-27-21-18-15-12-9-6-3)46-53-48(50)42-39-36-33-30-28-25-23-20-17-14-11-8-5-2/h8,11,15,17-18,20,25,28,33,36,47H,4-7,9-10,12-14,16,19,21-24,26-27,29-32,34-35,37-46H2,1-3H3/b11-8-,18-15-,20-17-,28-25-,36-33-. The number of ether oxygens (including phenoxy) is 3. The van der Waals surface area contributed by atoms with Gasteiger partial charge in [-0.3, -0.25) is 9.59 Å². The lowest BCUT2D eigenvalue weighted by atomic mass is 10.0. The van der Waals surface area contributed by atoms with Crippen LogP contribution in [-0.2, 0) is 23.8 Å². The van der Waals surface area contributed by atoms with Crippen molar-refractivity contribution in [3.05, 3.63) is 60.8 Å². The highest BCUT2D eigenvalue weighted by atomic mass is 16.6. The first-order chi connectivity index (χ1) is 26.6. The zero-order valence-electron chi connectivity index (χ0n) is 35.7. The zero-order valence-corrected chi connectivity index (χ0v) is 35.7. The Morgan fingerprint density at radius 1 is 0.426 bits per heavy atom. The highest BCUT2D eigenvalue weighted by molar-refractivity contribution is 5.70. The molecule has 0 aliphatic heterocycles. The third-order valence-electron chi connectivity index (χ3n) is 9.55. The summed E-state index contributed by atoms with van der Waals surface area (Å²) in [6, 6.07) is 0. The second-order valence-electron chi connectivity index (χ2n) is 14.9. The second-order valence-corrected chi connectivity index (χ2v) is 14.9. The molecule has 0 aliphatic carbocycles. The van der Waals surface area contributed by atoms with Crippen LogP contribution in [0, 0.1) is 0 Å². The van der Waals surface area contributed by atoms with Crippen molar-refractivity contribution in [2.45, 2.75) is 219 Å². The van der Waals surface area contributed by atoms with Gasteiger partial charge in [-0.25, -0.2) is 0 Å². The molecule has 1 unspecified atom stereocenters. The average Bonchev–Trinajstić information content (AvgIpc) is 3.17. The lowest BCUT2D eigenvalue weighted by Gasteiger charge is -2.18. The van der Waals surface area contributed by atoms with E-state index in [1.807, 2.05) is 6.08 Å². The van der Waals surface area contributed by atoms with Gasteiger partial charge in [-0.2, -0.15) is 0 Å². The normalized spacial score (nSPS) is 12.7. The Kier molecular flexibility index (Phi) is 43.0. The van der Waals surface area contributed by atoms with E-state index in [1.54, 1.807) is 0 Å². The fourth-order valence-electron chi connectivity index (χ4n) is 6.15. The number of carbonyl (C=O) groups is 2. The van der Waals surface area contributed by atoms with Crippen LogP contribution in [0.25, 0.3) is 0 Å². The third-order valence-corrected chi connectivity index (χ3v) is 9.55. The van der Waals surface area contributed by atoms with Crippen molar-refractivity contribution in [1.82, 2.24) is 0 Å². The molecule has 0 saturated heterocycles. The van der Waals surface area contributed by atoms with Crippen LogP contribution < -0.4 is 0 Å². The van der Waals surface area contributed by atoms with Gasteiger partial charge in [0.2, 0.25) is 0 Å². The lowest BCUT2D eigenvalue weighted by molar-refractivity contribution is -0.162. The molecule has 1 atom stereocenters. The van der Waals surface area contributed by atoms with Gasteiger partial charge in [0.25, 0.3) is 0 Å². The Bertz CT molecular complexity index is 946. The van der Waals surface area contributed by atoms with E-state index in [1.165, 1.54) is 109 Å². The SMILES string of the molecule is CC/C=C\C/C=C\C/C=C\C/C=C\CCC(=O)OCC(COCCCCCCCCCCCCCCCC)OC(=O)CCCCCCC/C=C\CCCC. The monoisotopic (exact) mass is 755 g/mol. The number of carbonyl (C=O) groups excluding carboxylic acids is 2. The third kappa shape index (κ3) is 42.3. The largest absolute Gasteiger partial charge is 0.462 e. The molecule has 5 nitrogen and oxygen atoms in total. The van der Waals surface area contributed by atoms with E-state index in [0.29, 0.717) is 25.9 Å². The summed E-state index contributed by atoms with van der Waals surface area (Å²) in [5.41, 5.74) is 0. The molecule has 0 amide bonds. The Morgan fingerprint density at radius 2 is 0.889 bits per heavy atom. The van der Waals surface area contributed by atoms with Crippen molar-refractivity contribution in [3.8, 4) is 0 Å². The lowest BCUT2D eigenvalue weighted by Crippen LogP contribution is -2.30. The van der Waals surface area contributed by atoms with E-state index < -0.39 is 6.10 Å². The maximum Gasteiger partial charge on any atom is 0.306 e. The van der Waals surface area contributed by atoms with Crippen molar-refractivity contribution in [1.29, 1.82) is 0 Å². The molecule has 0 aromatic rings. The fourth-order valence-corrected chi connectivity index (χ4v) is 6.15. The van der Waals surface area contributed by atoms with Gasteiger partial charge >= 0.3 is 11.9 Å². The summed E-state index contributed by atoms with van der Waals surface area (Å²) in [5, 5.41) is 0. The van der Waals surface area contributed by atoms with Crippen LogP contribution >= 0.6 is 0 Å². The number of hydrogen-bond donors (Lipinski definition) is 0. The van der Waals surface area contributed by atoms with Crippen molar-refractivity contribution >= 4 is 11.9 Å². The fraction of sp³-hybridized carbons (Fsp3) is 0.755. The first-order valence-corrected chi connectivity index (χ1v) is 22.8. The predicted octanol–water partition coefficient (Wildman–Crippen LogP) is 15.0. The van der Waals surface area contributed by atoms with Crippen molar-refractivity contribution < 1.29 is 23.8 Å². The Labute approximate surface area is 334 Å². The van der Waals surface area contributed by atoms with Crippen LogP contribution in [-0.4, -0.2) is 37.9 Å². The molecule has 0 aromatic carbocycles. The average molecular weight is 755 g/mol. The molecule has 0 rings (SSSR count). The molecular weight excluding hydrogens is 669 g/mol. The van der Waals surface area contributed by atoms with E-state index in [-0.39, 0.29) is 25.2 Å². The summed E-state index contributed by atoms with van der Waals surface area (Å²) in [4.78, 5) is 25.2. The van der Waals surface area contributed by atoms with Crippen LogP contribution in [0.5, 0.6) is 0 Å². The van der Waals surface area contributed by atoms with Gasteiger partial charge < -0.3 is 14.2 Å². The molecule has 0 aromatic heterocycles. The molecule has 312 valence electrons. The van der Waals surface area contributed by atoms with E-state index >= 15 is 0 Å². The molecule has 0 bridgehead atoms. The van der Waals surface area contributed by atoms with Crippen LogP contribution in [0.1, 0.15) is 213 Å². The summed E-state index contributed by atoms with van der Waals surface area (Å²) in [6.45, 7) is 7.60. The van der Waals surface area contributed by atoms with Gasteiger partial charge in [0.15, 0.2) is 6.10 Å². The number of esters is 2. The molecule has 0 spiro atoms. The second kappa shape index (κ2) is 45.0. The first kappa shape index (κ1) is 51.6. The zero-order chi connectivity index (χ0) is 39.3. The van der Waals surface area contributed by atoms with Gasteiger partial charge in [-0.15, -0.1) is 0 Å². The van der Waals surface area contributed by atoms with E-state index in [4.69, 9.17) is 14.2 Å². The van der Waals surface area contributed by atoms with Crippen LogP contribution in [0.3, 0.4) is 0 Å². The predicted molar refractivity (Wildman–Crippen MR) is 233 cm³/mol. The summed E-state index contributed by atoms with van der Waals surface area (Å²) in [6.07, 6.45) is 55.2. The number of unbranched alkanes of at least 4 members (excludes halogenated alkanes) is 20. The maximum atomic E-state index is 12.7. The van der Waals surface area contributed by atoms with Gasteiger partial charge in [0.1, 0.15) is 6.61 Å². The molecule has 0 aliphatic rings. The summed E-state index contributed by atoms with van der Waals surface area (Å²) >= 11 is 0. The number of allylic oxidation sites excluding steroid dienone is 10. The molecule has 0 N–H and O–H groups in total. The van der Waals surface area contributed by atoms with Crippen LogP contribution in [0.4, 0.5) is 0 Å². The van der Waals surface area contributed by atoms with Gasteiger partial charge in [0.05, 0.1) is 6.61 Å². The summed E-state index contributed by atoms with van der Waals surface area (Å²) in [5.74, 6) is -0.500. The Hall–Kier alpha value is -2.40. The first-order valence-electron chi connectivity index (χ1n) is 22.8. The molecule has 0 fully saturated rings.